The van der Waals surface area contributed by atoms with Gasteiger partial charge >= 0.3 is 0 Å². The van der Waals surface area contributed by atoms with E-state index in [9.17, 15) is 0 Å². The van der Waals surface area contributed by atoms with Crippen LogP contribution in [-0.2, 0) is 13.5 Å². The summed E-state index contributed by atoms with van der Waals surface area (Å²) in [5.74, 6) is 0.766. The molecule has 0 aliphatic carbocycles. The molecule has 0 spiro atoms. The molecule has 0 saturated carbocycles. The molecule has 1 N–H and O–H groups in total. The lowest BCUT2D eigenvalue weighted by Crippen LogP contribution is -2.19. The molecule has 0 aliphatic heterocycles. The summed E-state index contributed by atoms with van der Waals surface area (Å²) in [6.45, 7) is 6.38. The number of aryl methyl sites for hydroxylation is 4. The summed E-state index contributed by atoms with van der Waals surface area (Å²) < 4.78 is 1.96. The van der Waals surface area contributed by atoms with Crippen LogP contribution in [0.2, 0.25) is 0 Å². The van der Waals surface area contributed by atoms with Gasteiger partial charge in [-0.3, -0.25) is 4.68 Å². The van der Waals surface area contributed by atoms with E-state index in [1.54, 1.807) is 0 Å². The number of hydrogen-bond donors (Lipinski definition) is 1. The Morgan fingerprint density at radius 3 is 2.22 bits per heavy atom. The maximum absolute atomic E-state index is 4.87. The molecule has 0 saturated heterocycles. The van der Waals surface area contributed by atoms with Gasteiger partial charge in [0.05, 0.1) is 5.69 Å². The summed E-state index contributed by atoms with van der Waals surface area (Å²) in [4.78, 5) is 4.87. The fraction of sp³-hybridized carbons (Fsp3) is 0.304. The maximum Gasteiger partial charge on any atom is 0.176 e. The van der Waals surface area contributed by atoms with Gasteiger partial charge in [-0.15, -0.1) is 0 Å². The van der Waals surface area contributed by atoms with Gasteiger partial charge < -0.3 is 5.32 Å². The van der Waals surface area contributed by atoms with Crippen LogP contribution in [0.5, 0.6) is 0 Å². The molecule has 3 rings (SSSR count). The first-order valence-electron chi connectivity index (χ1n) is 9.57. The van der Waals surface area contributed by atoms with Crippen LogP contribution in [0, 0.1) is 13.8 Å². The van der Waals surface area contributed by atoms with Gasteiger partial charge in [-0.1, -0.05) is 48.7 Å². The third kappa shape index (κ3) is 5.07. The Labute approximate surface area is 161 Å². The SMILES string of the molecule is CCCCc1cc(=Nc2ccc(C)cc2)c(Nc2ccc(C)cc2)nn1C. The van der Waals surface area contributed by atoms with Gasteiger partial charge in [0.15, 0.2) is 5.82 Å². The van der Waals surface area contributed by atoms with E-state index in [0.29, 0.717) is 0 Å². The van der Waals surface area contributed by atoms with Crippen LogP contribution in [0.3, 0.4) is 0 Å². The van der Waals surface area contributed by atoms with E-state index < -0.39 is 0 Å². The average molecular weight is 361 g/mol. The second-order valence-corrected chi connectivity index (χ2v) is 7.04. The number of benzene rings is 2. The molecule has 3 aromatic rings. The molecule has 0 radical (unpaired) electrons. The minimum Gasteiger partial charge on any atom is -0.337 e. The van der Waals surface area contributed by atoms with Crippen LogP contribution in [0.15, 0.2) is 59.6 Å². The fourth-order valence-electron chi connectivity index (χ4n) is 2.88. The smallest absolute Gasteiger partial charge is 0.176 e. The summed E-state index contributed by atoms with van der Waals surface area (Å²) in [7, 11) is 2.00. The van der Waals surface area contributed by atoms with Gasteiger partial charge in [0, 0.05) is 18.4 Å². The summed E-state index contributed by atoms with van der Waals surface area (Å²) >= 11 is 0. The van der Waals surface area contributed by atoms with Crippen LogP contribution in [0.4, 0.5) is 17.2 Å². The van der Waals surface area contributed by atoms with Crippen molar-refractivity contribution in [3.63, 3.8) is 0 Å². The van der Waals surface area contributed by atoms with Gasteiger partial charge in [-0.2, -0.15) is 5.10 Å². The number of nitrogens with one attached hydrogen (secondary N) is 1. The average Bonchev–Trinajstić information content (AvgIpc) is 2.66. The van der Waals surface area contributed by atoms with Crippen molar-refractivity contribution in [1.29, 1.82) is 0 Å². The number of aromatic nitrogens is 2. The van der Waals surface area contributed by atoms with E-state index in [2.05, 4.69) is 68.6 Å². The van der Waals surface area contributed by atoms with Crippen LogP contribution in [0.25, 0.3) is 0 Å². The van der Waals surface area contributed by atoms with E-state index in [0.717, 1.165) is 41.8 Å². The molecule has 0 amide bonds. The van der Waals surface area contributed by atoms with E-state index in [1.165, 1.54) is 16.8 Å². The van der Waals surface area contributed by atoms with Gasteiger partial charge in [-0.05, 0) is 57.0 Å². The lowest BCUT2D eigenvalue weighted by atomic mass is 10.2. The molecule has 0 atom stereocenters. The second kappa shape index (κ2) is 8.67. The van der Waals surface area contributed by atoms with Crippen LogP contribution < -0.4 is 10.7 Å². The first kappa shape index (κ1) is 18.9. The van der Waals surface area contributed by atoms with Crippen molar-refractivity contribution in [2.24, 2.45) is 12.0 Å². The minimum absolute atomic E-state index is 0.766. The van der Waals surface area contributed by atoms with Crippen molar-refractivity contribution in [3.05, 3.63) is 76.8 Å². The van der Waals surface area contributed by atoms with Crippen molar-refractivity contribution in [2.45, 2.75) is 40.0 Å². The highest BCUT2D eigenvalue weighted by Gasteiger charge is 2.06. The Bertz CT molecular complexity index is 951. The fourth-order valence-corrected chi connectivity index (χ4v) is 2.88. The lowest BCUT2D eigenvalue weighted by molar-refractivity contribution is 0.650. The standard InChI is InChI=1S/C23H28N4/c1-5-6-7-21-16-22(24-19-12-8-17(2)9-13-19)23(26-27(21)4)25-20-14-10-18(3)11-15-20/h8-16H,5-7H2,1-4H3,(H,25,26). The normalized spacial score (nSPS) is 11.6. The topological polar surface area (TPSA) is 42.2 Å². The summed E-state index contributed by atoms with van der Waals surface area (Å²) in [6.07, 6.45) is 3.30. The number of anilines is 2. The Balaban J connectivity index is 2.05. The first-order chi connectivity index (χ1) is 13.0. The lowest BCUT2D eigenvalue weighted by Gasteiger charge is -2.12. The van der Waals surface area contributed by atoms with Gasteiger partial charge in [0.1, 0.15) is 5.36 Å². The van der Waals surface area contributed by atoms with E-state index in [4.69, 9.17) is 10.1 Å². The quantitative estimate of drug-likeness (QED) is 0.643. The molecule has 1 aromatic heterocycles. The monoisotopic (exact) mass is 360 g/mol. The number of rotatable bonds is 6. The van der Waals surface area contributed by atoms with Gasteiger partial charge in [-0.25, -0.2) is 4.99 Å². The number of nitrogens with zero attached hydrogens (tertiary/aromatic N) is 3. The molecular formula is C23H28N4. The van der Waals surface area contributed by atoms with Crippen LogP contribution in [0.1, 0.15) is 36.6 Å². The Morgan fingerprint density at radius 1 is 0.963 bits per heavy atom. The van der Waals surface area contributed by atoms with Gasteiger partial charge in [0.25, 0.3) is 0 Å². The largest absolute Gasteiger partial charge is 0.337 e. The van der Waals surface area contributed by atoms with Crippen molar-refractivity contribution in [1.82, 2.24) is 9.78 Å². The molecule has 4 heteroatoms. The zero-order valence-electron chi connectivity index (χ0n) is 16.7. The van der Waals surface area contributed by atoms with Crippen molar-refractivity contribution < 1.29 is 0 Å². The second-order valence-electron chi connectivity index (χ2n) is 7.04. The first-order valence-corrected chi connectivity index (χ1v) is 9.57. The predicted octanol–water partition coefficient (Wildman–Crippen LogP) is 5.36. The Morgan fingerprint density at radius 2 is 1.59 bits per heavy atom. The molecule has 0 bridgehead atoms. The summed E-state index contributed by atoms with van der Waals surface area (Å²) in [6, 6.07) is 18.7. The molecule has 0 aliphatic rings. The zero-order chi connectivity index (χ0) is 19.2. The molecule has 1 heterocycles. The van der Waals surface area contributed by atoms with Crippen LogP contribution in [-0.4, -0.2) is 9.78 Å². The van der Waals surface area contributed by atoms with Crippen molar-refractivity contribution >= 4 is 17.2 Å². The van der Waals surface area contributed by atoms with E-state index in [1.807, 2.05) is 23.9 Å². The van der Waals surface area contributed by atoms with Crippen molar-refractivity contribution in [2.75, 3.05) is 5.32 Å². The zero-order valence-corrected chi connectivity index (χ0v) is 16.7. The van der Waals surface area contributed by atoms with Gasteiger partial charge in [0.2, 0.25) is 0 Å². The van der Waals surface area contributed by atoms with E-state index in [-0.39, 0.29) is 0 Å². The molecule has 0 unspecified atom stereocenters. The number of unbranched alkanes of at least 4 members (excludes halogenated alkanes) is 1. The highest BCUT2D eigenvalue weighted by molar-refractivity contribution is 5.56. The third-order valence-corrected chi connectivity index (χ3v) is 4.60. The highest BCUT2D eigenvalue weighted by atomic mass is 15.3. The third-order valence-electron chi connectivity index (χ3n) is 4.60. The number of hydrogen-bond acceptors (Lipinski definition) is 3. The summed E-state index contributed by atoms with van der Waals surface area (Å²) in [5.41, 5.74) is 5.60. The molecule has 27 heavy (non-hydrogen) atoms. The molecule has 2 aromatic carbocycles. The Kier molecular flexibility index (Phi) is 6.07. The minimum atomic E-state index is 0.766. The highest BCUT2D eigenvalue weighted by Crippen LogP contribution is 2.16. The molecule has 4 nitrogen and oxygen atoms in total. The molecule has 140 valence electrons. The van der Waals surface area contributed by atoms with Crippen molar-refractivity contribution in [3.8, 4) is 0 Å². The Hall–Kier alpha value is -2.88. The molecule has 0 fully saturated rings. The summed E-state index contributed by atoms with van der Waals surface area (Å²) in [5, 5.41) is 9.06. The predicted molar refractivity (Wildman–Crippen MR) is 113 cm³/mol. The maximum atomic E-state index is 4.87. The molecular weight excluding hydrogens is 332 g/mol. The van der Waals surface area contributed by atoms with E-state index >= 15 is 0 Å². The van der Waals surface area contributed by atoms with Crippen LogP contribution >= 0.6 is 0 Å².